The summed E-state index contributed by atoms with van der Waals surface area (Å²) in [6.07, 6.45) is 0. The van der Waals surface area contributed by atoms with Gasteiger partial charge in [0.25, 0.3) is 0 Å². The number of anilines is 3. The molecule has 0 fully saturated rings. The molecular formula is C48H35N. The minimum atomic E-state index is 1.10. The fourth-order valence-corrected chi connectivity index (χ4v) is 6.77. The van der Waals surface area contributed by atoms with E-state index >= 15 is 0 Å². The largest absolute Gasteiger partial charge is 0.310 e. The van der Waals surface area contributed by atoms with Crippen molar-refractivity contribution in [3.8, 4) is 55.6 Å². The Kier molecular flexibility index (Phi) is 8.39. The van der Waals surface area contributed by atoms with E-state index in [0.29, 0.717) is 0 Å². The normalized spacial score (nSPS) is 10.9. The first-order valence-corrected chi connectivity index (χ1v) is 16.8. The van der Waals surface area contributed by atoms with Gasteiger partial charge in [-0.3, -0.25) is 0 Å². The molecule has 0 heterocycles. The van der Waals surface area contributed by atoms with E-state index in [1.54, 1.807) is 0 Å². The summed E-state index contributed by atoms with van der Waals surface area (Å²) in [5.74, 6) is 0. The first-order valence-electron chi connectivity index (χ1n) is 16.8. The molecule has 0 aliphatic carbocycles. The maximum Gasteiger partial charge on any atom is 0.0540 e. The Hall–Kier alpha value is -6.44. The molecule has 0 spiro atoms. The lowest BCUT2D eigenvalue weighted by molar-refractivity contribution is 1.28. The highest BCUT2D eigenvalue weighted by atomic mass is 15.1. The second-order valence-electron chi connectivity index (χ2n) is 12.1. The van der Waals surface area contributed by atoms with Gasteiger partial charge in [0.1, 0.15) is 0 Å². The van der Waals surface area contributed by atoms with Crippen LogP contribution in [0.4, 0.5) is 17.1 Å². The molecule has 0 radical (unpaired) electrons. The molecule has 49 heavy (non-hydrogen) atoms. The third-order valence-corrected chi connectivity index (χ3v) is 9.09. The van der Waals surface area contributed by atoms with Gasteiger partial charge in [-0.2, -0.15) is 0 Å². The van der Waals surface area contributed by atoms with Crippen molar-refractivity contribution >= 4 is 17.1 Å². The molecule has 8 rings (SSSR count). The molecule has 8 aromatic carbocycles. The predicted octanol–water partition coefficient (Wildman–Crippen LogP) is 13.5. The Balaban J connectivity index is 1.34. The monoisotopic (exact) mass is 625 g/mol. The summed E-state index contributed by atoms with van der Waals surface area (Å²) in [6.45, 7) is 0. The van der Waals surface area contributed by atoms with Gasteiger partial charge in [0.2, 0.25) is 0 Å². The zero-order valence-corrected chi connectivity index (χ0v) is 27.2. The zero-order chi connectivity index (χ0) is 32.8. The van der Waals surface area contributed by atoms with Crippen LogP contribution in [0.25, 0.3) is 55.6 Å². The van der Waals surface area contributed by atoms with E-state index in [4.69, 9.17) is 0 Å². The van der Waals surface area contributed by atoms with Gasteiger partial charge in [-0.05, 0) is 80.4 Å². The summed E-state index contributed by atoms with van der Waals surface area (Å²) in [5, 5.41) is 0. The Bertz CT molecular complexity index is 2240. The van der Waals surface area contributed by atoms with Crippen molar-refractivity contribution in [3.05, 3.63) is 212 Å². The molecule has 0 unspecified atom stereocenters. The third kappa shape index (κ3) is 6.18. The van der Waals surface area contributed by atoms with Crippen molar-refractivity contribution in [2.45, 2.75) is 0 Å². The highest BCUT2D eigenvalue weighted by Crippen LogP contribution is 2.46. The van der Waals surface area contributed by atoms with Gasteiger partial charge < -0.3 is 4.90 Å². The van der Waals surface area contributed by atoms with Crippen LogP contribution in [0.1, 0.15) is 0 Å². The topological polar surface area (TPSA) is 3.24 Å². The van der Waals surface area contributed by atoms with Gasteiger partial charge >= 0.3 is 0 Å². The average Bonchev–Trinajstić information content (AvgIpc) is 3.19. The summed E-state index contributed by atoms with van der Waals surface area (Å²) >= 11 is 0. The summed E-state index contributed by atoms with van der Waals surface area (Å²) in [7, 11) is 0. The minimum absolute atomic E-state index is 1.10. The molecule has 0 atom stereocenters. The lowest BCUT2D eigenvalue weighted by atomic mass is 9.88. The van der Waals surface area contributed by atoms with Crippen LogP contribution in [0.15, 0.2) is 212 Å². The van der Waals surface area contributed by atoms with Gasteiger partial charge in [-0.25, -0.2) is 0 Å². The van der Waals surface area contributed by atoms with Crippen molar-refractivity contribution < 1.29 is 0 Å². The van der Waals surface area contributed by atoms with Crippen molar-refractivity contribution in [1.82, 2.24) is 0 Å². The Morgan fingerprint density at radius 2 is 0.571 bits per heavy atom. The van der Waals surface area contributed by atoms with Crippen LogP contribution in [-0.4, -0.2) is 0 Å². The van der Waals surface area contributed by atoms with Gasteiger partial charge in [-0.1, -0.05) is 182 Å². The molecule has 0 saturated carbocycles. The average molecular weight is 626 g/mol. The van der Waals surface area contributed by atoms with Crippen LogP contribution in [0.2, 0.25) is 0 Å². The molecule has 0 saturated heterocycles. The van der Waals surface area contributed by atoms with Gasteiger partial charge in [0.05, 0.1) is 5.69 Å². The van der Waals surface area contributed by atoms with E-state index in [1.165, 1.54) is 50.1 Å². The quantitative estimate of drug-likeness (QED) is 0.162. The zero-order valence-electron chi connectivity index (χ0n) is 27.2. The maximum atomic E-state index is 2.41. The molecule has 0 aromatic heterocycles. The Labute approximate surface area is 289 Å². The molecular weight excluding hydrogens is 591 g/mol. The van der Waals surface area contributed by atoms with E-state index in [9.17, 15) is 0 Å². The van der Waals surface area contributed by atoms with Gasteiger partial charge in [-0.15, -0.1) is 0 Å². The Morgan fingerprint density at radius 3 is 1.08 bits per heavy atom. The first-order chi connectivity index (χ1) is 24.3. The van der Waals surface area contributed by atoms with Gasteiger partial charge in [0.15, 0.2) is 0 Å². The third-order valence-electron chi connectivity index (χ3n) is 9.09. The molecule has 0 aliphatic rings. The number of benzene rings is 8. The standard InChI is InChI=1S/C48H35N/c1-4-18-36(19-5-1)39-24-16-26-41(34-39)49(42-27-17-25-40(35-42)37-20-6-2-7-21-37)48-33-15-14-32-47(48)46-31-13-12-30-45(46)44-29-11-10-28-43(44)38-22-8-3-9-23-38/h1-35H. The summed E-state index contributed by atoms with van der Waals surface area (Å²) in [4.78, 5) is 2.41. The fraction of sp³-hybridized carbons (Fsp3) is 0. The van der Waals surface area contributed by atoms with E-state index in [-0.39, 0.29) is 0 Å². The van der Waals surface area contributed by atoms with Crippen molar-refractivity contribution in [1.29, 1.82) is 0 Å². The number of hydrogen-bond donors (Lipinski definition) is 0. The first kappa shape index (κ1) is 29.9. The Morgan fingerprint density at radius 1 is 0.224 bits per heavy atom. The fourth-order valence-electron chi connectivity index (χ4n) is 6.77. The van der Waals surface area contributed by atoms with Crippen molar-refractivity contribution in [3.63, 3.8) is 0 Å². The second-order valence-corrected chi connectivity index (χ2v) is 12.1. The summed E-state index contributed by atoms with van der Waals surface area (Å²) in [6, 6.07) is 76.0. The molecule has 0 aliphatic heterocycles. The van der Waals surface area contributed by atoms with E-state index in [0.717, 1.165) is 22.6 Å². The number of nitrogens with zero attached hydrogens (tertiary/aromatic N) is 1. The lowest BCUT2D eigenvalue weighted by Gasteiger charge is -2.29. The smallest absolute Gasteiger partial charge is 0.0540 e. The predicted molar refractivity (Wildman–Crippen MR) is 208 cm³/mol. The van der Waals surface area contributed by atoms with Crippen molar-refractivity contribution in [2.24, 2.45) is 0 Å². The summed E-state index contributed by atoms with van der Waals surface area (Å²) in [5.41, 5.74) is 15.2. The maximum absolute atomic E-state index is 2.41. The molecule has 0 N–H and O–H groups in total. The van der Waals surface area contributed by atoms with E-state index in [2.05, 4.69) is 217 Å². The van der Waals surface area contributed by atoms with Crippen LogP contribution in [0, 0.1) is 0 Å². The molecule has 1 heteroatoms. The number of para-hydroxylation sites is 1. The van der Waals surface area contributed by atoms with Gasteiger partial charge in [0, 0.05) is 16.9 Å². The molecule has 232 valence electrons. The van der Waals surface area contributed by atoms with Crippen LogP contribution in [-0.2, 0) is 0 Å². The molecule has 1 nitrogen and oxygen atoms in total. The molecule has 8 aromatic rings. The van der Waals surface area contributed by atoms with E-state index in [1.807, 2.05) is 0 Å². The minimum Gasteiger partial charge on any atom is -0.310 e. The highest BCUT2D eigenvalue weighted by Gasteiger charge is 2.20. The van der Waals surface area contributed by atoms with Crippen LogP contribution in [0.3, 0.4) is 0 Å². The molecule has 0 amide bonds. The molecule has 0 bridgehead atoms. The number of rotatable bonds is 8. The SMILES string of the molecule is c1ccc(-c2cccc(N(c3cccc(-c4ccccc4)c3)c3ccccc3-c3ccccc3-c3ccccc3-c3ccccc3)c2)cc1. The lowest BCUT2D eigenvalue weighted by Crippen LogP contribution is -2.11. The van der Waals surface area contributed by atoms with E-state index < -0.39 is 0 Å². The van der Waals surface area contributed by atoms with Crippen LogP contribution >= 0.6 is 0 Å². The van der Waals surface area contributed by atoms with Crippen molar-refractivity contribution in [2.75, 3.05) is 4.90 Å². The van der Waals surface area contributed by atoms with Crippen LogP contribution < -0.4 is 4.90 Å². The second kappa shape index (κ2) is 13.7. The van der Waals surface area contributed by atoms with Crippen LogP contribution in [0.5, 0.6) is 0 Å². The number of hydrogen-bond acceptors (Lipinski definition) is 1. The summed E-state index contributed by atoms with van der Waals surface area (Å²) < 4.78 is 0. The highest BCUT2D eigenvalue weighted by molar-refractivity contribution is 5.97.